The van der Waals surface area contributed by atoms with Crippen LogP contribution in [-0.2, 0) is 0 Å². The third kappa shape index (κ3) is 3.25. The van der Waals surface area contributed by atoms with Gasteiger partial charge in [0.1, 0.15) is 5.75 Å². The summed E-state index contributed by atoms with van der Waals surface area (Å²) >= 11 is 0. The Morgan fingerprint density at radius 3 is 1.78 bits per heavy atom. The zero-order chi connectivity index (χ0) is 16.1. The second-order valence-electron chi connectivity index (χ2n) is 5.32. The van der Waals surface area contributed by atoms with Crippen molar-refractivity contribution < 1.29 is 4.74 Å². The molecule has 1 unspecified atom stereocenters. The van der Waals surface area contributed by atoms with Gasteiger partial charge in [0.05, 0.1) is 19.1 Å². The lowest BCUT2D eigenvalue weighted by Crippen LogP contribution is -1.98. The van der Waals surface area contributed by atoms with E-state index >= 15 is 0 Å². The molecule has 0 aliphatic carbocycles. The number of hydrogen-bond acceptors (Lipinski definition) is 2. The molecule has 0 spiro atoms. The molecule has 0 radical (unpaired) electrons. The minimum absolute atomic E-state index is 0.272. The first-order valence-corrected chi connectivity index (χ1v) is 7.51. The molecule has 23 heavy (non-hydrogen) atoms. The zero-order valence-electron chi connectivity index (χ0n) is 12.9. The fourth-order valence-electron chi connectivity index (χ4n) is 2.64. The second kappa shape index (κ2) is 6.81. The van der Waals surface area contributed by atoms with Crippen LogP contribution in [0.3, 0.4) is 0 Å². The van der Waals surface area contributed by atoms with Gasteiger partial charge in [-0.1, -0.05) is 66.7 Å². The maximum absolute atomic E-state index is 9.56. The maximum atomic E-state index is 9.56. The Balaban J connectivity index is 1.88. The fourth-order valence-corrected chi connectivity index (χ4v) is 2.64. The smallest absolute Gasteiger partial charge is 0.118 e. The lowest BCUT2D eigenvalue weighted by Gasteiger charge is -2.11. The van der Waals surface area contributed by atoms with E-state index in [2.05, 4.69) is 30.3 Å². The molecule has 0 heterocycles. The van der Waals surface area contributed by atoms with Crippen molar-refractivity contribution in [2.75, 3.05) is 7.11 Å². The van der Waals surface area contributed by atoms with Crippen molar-refractivity contribution in [3.05, 3.63) is 90.0 Å². The number of hydrogen-bond donors (Lipinski definition) is 0. The molecule has 0 saturated carbocycles. The minimum atomic E-state index is -0.272. The molecule has 2 nitrogen and oxygen atoms in total. The van der Waals surface area contributed by atoms with Gasteiger partial charge in [0.25, 0.3) is 0 Å². The van der Waals surface area contributed by atoms with Gasteiger partial charge in [-0.15, -0.1) is 0 Å². The monoisotopic (exact) mass is 299 g/mol. The SMILES string of the molecule is COc1ccc(C(C#N)c2ccc(-c3ccccc3)cc2)cc1. The maximum Gasteiger partial charge on any atom is 0.118 e. The molecule has 0 aliphatic heterocycles. The van der Waals surface area contributed by atoms with Gasteiger partial charge in [-0.2, -0.15) is 5.26 Å². The number of nitriles is 1. The summed E-state index contributed by atoms with van der Waals surface area (Å²) in [4.78, 5) is 0. The molecule has 3 aromatic carbocycles. The predicted molar refractivity (Wildman–Crippen MR) is 92.3 cm³/mol. The van der Waals surface area contributed by atoms with Crippen molar-refractivity contribution in [3.63, 3.8) is 0 Å². The van der Waals surface area contributed by atoms with Crippen molar-refractivity contribution in [2.24, 2.45) is 0 Å². The van der Waals surface area contributed by atoms with Crippen LogP contribution >= 0.6 is 0 Å². The van der Waals surface area contributed by atoms with E-state index in [0.29, 0.717) is 0 Å². The lowest BCUT2D eigenvalue weighted by molar-refractivity contribution is 0.414. The number of benzene rings is 3. The molecule has 0 aromatic heterocycles. The van der Waals surface area contributed by atoms with E-state index in [0.717, 1.165) is 22.4 Å². The summed E-state index contributed by atoms with van der Waals surface area (Å²) in [6.45, 7) is 0. The first-order chi connectivity index (χ1) is 11.3. The van der Waals surface area contributed by atoms with Gasteiger partial charge in [0.15, 0.2) is 0 Å². The van der Waals surface area contributed by atoms with Gasteiger partial charge in [0, 0.05) is 0 Å². The number of methoxy groups -OCH3 is 1. The molecule has 0 N–H and O–H groups in total. The Labute approximate surface area is 136 Å². The highest BCUT2D eigenvalue weighted by Crippen LogP contribution is 2.28. The summed E-state index contributed by atoms with van der Waals surface area (Å²) in [6.07, 6.45) is 0. The quantitative estimate of drug-likeness (QED) is 0.678. The molecular formula is C21H17NO. The van der Waals surface area contributed by atoms with E-state index in [4.69, 9.17) is 4.74 Å². The van der Waals surface area contributed by atoms with E-state index in [1.54, 1.807) is 7.11 Å². The Hall–Kier alpha value is -3.05. The van der Waals surface area contributed by atoms with Crippen LogP contribution in [0.4, 0.5) is 0 Å². The number of rotatable bonds is 4. The molecule has 112 valence electrons. The van der Waals surface area contributed by atoms with Gasteiger partial charge in [-0.3, -0.25) is 0 Å². The largest absolute Gasteiger partial charge is 0.497 e. The van der Waals surface area contributed by atoms with Gasteiger partial charge in [-0.05, 0) is 34.4 Å². The summed E-state index contributed by atoms with van der Waals surface area (Å²) in [7, 11) is 1.64. The summed E-state index contributed by atoms with van der Waals surface area (Å²) in [5.74, 6) is 0.524. The summed E-state index contributed by atoms with van der Waals surface area (Å²) < 4.78 is 5.17. The molecular weight excluding hydrogens is 282 g/mol. The zero-order valence-corrected chi connectivity index (χ0v) is 12.9. The number of ether oxygens (including phenoxy) is 1. The van der Waals surface area contributed by atoms with E-state index in [1.807, 2.05) is 54.6 Å². The van der Waals surface area contributed by atoms with Crippen LogP contribution in [0.5, 0.6) is 5.75 Å². The highest BCUT2D eigenvalue weighted by Gasteiger charge is 2.13. The second-order valence-corrected chi connectivity index (χ2v) is 5.32. The predicted octanol–water partition coefficient (Wildman–Crippen LogP) is 5.02. The third-order valence-electron chi connectivity index (χ3n) is 3.93. The van der Waals surface area contributed by atoms with E-state index in [9.17, 15) is 5.26 Å². The lowest BCUT2D eigenvalue weighted by atomic mass is 9.91. The first kappa shape index (κ1) is 14.9. The van der Waals surface area contributed by atoms with Crippen molar-refractivity contribution in [1.29, 1.82) is 5.26 Å². The van der Waals surface area contributed by atoms with Gasteiger partial charge < -0.3 is 4.74 Å². The Morgan fingerprint density at radius 2 is 1.26 bits per heavy atom. The van der Waals surface area contributed by atoms with Crippen LogP contribution in [0.25, 0.3) is 11.1 Å². The minimum Gasteiger partial charge on any atom is -0.497 e. The number of nitrogens with zero attached hydrogens (tertiary/aromatic N) is 1. The van der Waals surface area contributed by atoms with Crippen LogP contribution in [0.15, 0.2) is 78.9 Å². The van der Waals surface area contributed by atoms with Crippen molar-refractivity contribution in [2.45, 2.75) is 5.92 Å². The first-order valence-electron chi connectivity index (χ1n) is 7.51. The Kier molecular flexibility index (Phi) is 4.40. The van der Waals surface area contributed by atoms with E-state index in [1.165, 1.54) is 5.56 Å². The average molecular weight is 299 g/mol. The van der Waals surface area contributed by atoms with E-state index in [-0.39, 0.29) is 5.92 Å². The Morgan fingerprint density at radius 1 is 0.739 bits per heavy atom. The molecule has 3 aromatic rings. The van der Waals surface area contributed by atoms with Crippen LogP contribution in [0.1, 0.15) is 17.0 Å². The van der Waals surface area contributed by atoms with Gasteiger partial charge in [-0.25, -0.2) is 0 Å². The van der Waals surface area contributed by atoms with Crippen molar-refractivity contribution in [1.82, 2.24) is 0 Å². The average Bonchev–Trinajstić information content (AvgIpc) is 2.64. The van der Waals surface area contributed by atoms with Gasteiger partial charge in [0.2, 0.25) is 0 Å². The molecule has 0 aliphatic rings. The van der Waals surface area contributed by atoms with E-state index < -0.39 is 0 Å². The topological polar surface area (TPSA) is 33.0 Å². The van der Waals surface area contributed by atoms with Crippen LogP contribution < -0.4 is 4.74 Å². The van der Waals surface area contributed by atoms with Crippen LogP contribution in [-0.4, -0.2) is 7.11 Å². The molecule has 1 atom stereocenters. The normalized spacial score (nSPS) is 11.5. The van der Waals surface area contributed by atoms with Gasteiger partial charge >= 0.3 is 0 Å². The fraction of sp³-hybridized carbons (Fsp3) is 0.0952. The third-order valence-corrected chi connectivity index (χ3v) is 3.93. The highest BCUT2D eigenvalue weighted by atomic mass is 16.5. The van der Waals surface area contributed by atoms with Crippen molar-refractivity contribution in [3.8, 4) is 22.9 Å². The van der Waals surface area contributed by atoms with Crippen molar-refractivity contribution >= 4 is 0 Å². The molecule has 2 heteroatoms. The Bertz CT molecular complexity index is 799. The molecule has 0 bridgehead atoms. The molecule has 0 amide bonds. The molecule has 0 saturated heterocycles. The summed E-state index contributed by atoms with van der Waals surface area (Å²) in [5.41, 5.74) is 4.30. The summed E-state index contributed by atoms with van der Waals surface area (Å²) in [5, 5.41) is 9.56. The standard InChI is InChI=1S/C21H17NO/c1-23-20-13-11-19(12-14-20)21(15-22)18-9-7-17(8-10-18)16-5-3-2-4-6-16/h2-14,21H,1H3. The highest BCUT2D eigenvalue weighted by molar-refractivity contribution is 5.64. The molecule has 3 rings (SSSR count). The van der Waals surface area contributed by atoms with Crippen LogP contribution in [0.2, 0.25) is 0 Å². The summed E-state index contributed by atoms with van der Waals surface area (Å²) in [6, 6.07) is 28.5. The van der Waals surface area contributed by atoms with Crippen LogP contribution in [0, 0.1) is 11.3 Å². The molecule has 0 fully saturated rings.